The zero-order chi connectivity index (χ0) is 32.5. The van der Waals surface area contributed by atoms with Gasteiger partial charge in [-0.05, 0) is 26.0 Å². The normalized spacial score (nSPS) is 14.9. The smallest absolute Gasteiger partial charge is 0.350 e. The Morgan fingerprint density at radius 1 is 1.09 bits per heavy atom. The van der Waals surface area contributed by atoms with E-state index < -0.39 is 32.8 Å². The van der Waals surface area contributed by atoms with Crippen molar-refractivity contribution in [2.45, 2.75) is 19.3 Å². The number of H-pyrrole nitrogens is 1. The summed E-state index contributed by atoms with van der Waals surface area (Å²) in [6.45, 7) is 5.72. The van der Waals surface area contributed by atoms with E-state index in [9.17, 15) is 22.8 Å². The number of carbonyl (C=O) groups excluding carboxylic acids is 1. The first-order valence-corrected chi connectivity index (χ1v) is 16.8. The minimum absolute atomic E-state index is 0.0936. The lowest BCUT2D eigenvalue weighted by Gasteiger charge is -2.32. The molecule has 2 aromatic carbocycles. The van der Waals surface area contributed by atoms with Crippen LogP contribution in [0.3, 0.4) is 0 Å². The van der Waals surface area contributed by atoms with Crippen molar-refractivity contribution in [1.82, 2.24) is 29.0 Å². The van der Waals surface area contributed by atoms with E-state index in [0.717, 1.165) is 27.8 Å². The van der Waals surface area contributed by atoms with Gasteiger partial charge in [-0.2, -0.15) is 22.5 Å². The van der Waals surface area contributed by atoms with Gasteiger partial charge in [-0.15, -0.1) is 11.3 Å². The third-order valence-electron chi connectivity index (χ3n) is 7.34. The molecule has 0 unspecified atom stereocenters. The summed E-state index contributed by atoms with van der Waals surface area (Å²) in [6.07, 6.45) is 0.969. The summed E-state index contributed by atoms with van der Waals surface area (Å²) >= 11 is 14.6. The highest BCUT2D eigenvalue weighted by atomic mass is 35.5. The van der Waals surface area contributed by atoms with E-state index >= 15 is 0 Å². The molecular formula is C28H29Cl2N7O6S2. The number of piperazine rings is 1. The van der Waals surface area contributed by atoms with Crippen LogP contribution in [-0.2, 0) is 20.4 Å². The van der Waals surface area contributed by atoms with E-state index in [0.29, 0.717) is 40.8 Å². The molecule has 1 saturated heterocycles. The van der Waals surface area contributed by atoms with Crippen molar-refractivity contribution in [1.29, 1.82) is 0 Å². The van der Waals surface area contributed by atoms with Crippen LogP contribution >= 0.6 is 34.5 Å². The molecule has 0 amide bonds. The van der Waals surface area contributed by atoms with E-state index in [1.807, 2.05) is 49.1 Å². The minimum Gasteiger partial charge on any atom is -0.460 e. The molecule has 3 N–H and O–H groups in total. The van der Waals surface area contributed by atoms with E-state index in [1.165, 1.54) is 16.4 Å². The molecule has 1 aliphatic rings. The van der Waals surface area contributed by atoms with Crippen LogP contribution in [0.15, 0.2) is 58.3 Å². The van der Waals surface area contributed by atoms with Crippen molar-refractivity contribution in [2.75, 3.05) is 39.3 Å². The maximum Gasteiger partial charge on any atom is 0.350 e. The molecule has 5 rings (SSSR count). The average Bonchev–Trinajstić information content (AvgIpc) is 3.44. The number of ether oxygens (including phenoxy) is 1. The van der Waals surface area contributed by atoms with E-state index in [4.69, 9.17) is 38.1 Å². The molecule has 238 valence electrons. The lowest BCUT2D eigenvalue weighted by molar-refractivity contribution is 0.0451. The Hall–Kier alpha value is -3.44. The SMILES string of the molecule is CC(C)(c1nc(-c2ccccc2)c(C(=O)OCCN2CCN(S(N)(=O)=O)CC2)s1)c1c(Cl)cc(-n2ncc(=O)[nH]c2=O)cc1Cl. The van der Waals surface area contributed by atoms with Gasteiger partial charge in [0.05, 0.1) is 11.4 Å². The molecule has 17 heteroatoms. The molecule has 13 nitrogen and oxygen atoms in total. The van der Waals surface area contributed by atoms with Gasteiger partial charge in [0.15, 0.2) is 0 Å². The summed E-state index contributed by atoms with van der Waals surface area (Å²) < 4.78 is 31.0. The van der Waals surface area contributed by atoms with Gasteiger partial charge < -0.3 is 4.74 Å². The van der Waals surface area contributed by atoms with Crippen molar-refractivity contribution in [3.8, 4) is 16.9 Å². The molecule has 0 atom stereocenters. The number of hydrogen-bond donors (Lipinski definition) is 2. The number of esters is 1. The van der Waals surface area contributed by atoms with Gasteiger partial charge in [-0.1, -0.05) is 53.5 Å². The first kappa shape index (κ1) is 32.9. The van der Waals surface area contributed by atoms with Crippen LogP contribution in [0.2, 0.25) is 10.0 Å². The predicted molar refractivity (Wildman–Crippen MR) is 172 cm³/mol. The number of nitrogens with zero attached hydrogens (tertiary/aromatic N) is 5. The lowest BCUT2D eigenvalue weighted by Crippen LogP contribution is -2.51. The third-order valence-corrected chi connectivity index (χ3v) is 10.4. The monoisotopic (exact) mass is 693 g/mol. The van der Waals surface area contributed by atoms with Gasteiger partial charge >= 0.3 is 11.7 Å². The number of nitrogens with two attached hydrogens (primary N) is 1. The fourth-order valence-electron chi connectivity index (χ4n) is 4.98. The largest absolute Gasteiger partial charge is 0.460 e. The average molecular weight is 695 g/mol. The van der Waals surface area contributed by atoms with Gasteiger partial charge in [0.1, 0.15) is 22.7 Å². The zero-order valence-electron chi connectivity index (χ0n) is 24.2. The van der Waals surface area contributed by atoms with Crippen LogP contribution in [-0.4, -0.2) is 82.7 Å². The Kier molecular flexibility index (Phi) is 9.60. The summed E-state index contributed by atoms with van der Waals surface area (Å²) in [7, 11) is -3.73. The van der Waals surface area contributed by atoms with Crippen LogP contribution in [0.25, 0.3) is 16.9 Å². The summed E-state index contributed by atoms with van der Waals surface area (Å²) in [5, 5.41) is 10.1. The van der Waals surface area contributed by atoms with Gasteiger partial charge in [0.25, 0.3) is 15.8 Å². The van der Waals surface area contributed by atoms with Crippen LogP contribution in [0.4, 0.5) is 0 Å². The first-order valence-electron chi connectivity index (χ1n) is 13.7. The number of aromatic amines is 1. The van der Waals surface area contributed by atoms with Gasteiger partial charge in [-0.25, -0.2) is 19.7 Å². The fourth-order valence-corrected chi connectivity index (χ4v) is 7.69. The van der Waals surface area contributed by atoms with Crippen molar-refractivity contribution in [3.05, 3.63) is 95.0 Å². The zero-order valence-corrected chi connectivity index (χ0v) is 27.3. The molecule has 1 fully saturated rings. The number of thiazole rings is 1. The second-order valence-electron chi connectivity index (χ2n) is 10.7. The van der Waals surface area contributed by atoms with Gasteiger partial charge in [0, 0.05) is 59.3 Å². The highest BCUT2D eigenvalue weighted by molar-refractivity contribution is 7.86. The number of rotatable bonds is 9. The molecule has 0 aliphatic carbocycles. The quantitative estimate of drug-likeness (QED) is 0.250. The van der Waals surface area contributed by atoms with Crippen LogP contribution in [0.5, 0.6) is 0 Å². The highest BCUT2D eigenvalue weighted by Crippen LogP contribution is 2.44. The second-order valence-corrected chi connectivity index (χ2v) is 14.1. The molecule has 2 aromatic heterocycles. The minimum atomic E-state index is -3.73. The molecular weight excluding hydrogens is 665 g/mol. The van der Waals surface area contributed by atoms with E-state index in [2.05, 4.69) is 10.1 Å². The number of halogens is 2. The molecule has 45 heavy (non-hydrogen) atoms. The van der Waals surface area contributed by atoms with Crippen molar-refractivity contribution in [2.24, 2.45) is 5.14 Å². The number of hydrogen-bond acceptors (Lipinski definition) is 10. The molecule has 0 radical (unpaired) electrons. The molecule has 1 aliphatic heterocycles. The van der Waals surface area contributed by atoms with E-state index in [1.54, 1.807) is 0 Å². The molecule has 3 heterocycles. The number of nitrogens with one attached hydrogen (secondary N) is 1. The Morgan fingerprint density at radius 2 is 1.73 bits per heavy atom. The van der Waals surface area contributed by atoms with E-state index in [-0.39, 0.29) is 35.4 Å². The Labute approximate surface area is 272 Å². The van der Waals surface area contributed by atoms with Crippen molar-refractivity contribution in [3.63, 3.8) is 0 Å². The summed E-state index contributed by atoms with van der Waals surface area (Å²) in [6, 6.07) is 12.3. The third kappa shape index (κ3) is 7.19. The topological polar surface area (TPSA) is 174 Å². The number of carbonyl (C=O) groups is 1. The van der Waals surface area contributed by atoms with Gasteiger partial charge in [-0.3, -0.25) is 14.7 Å². The van der Waals surface area contributed by atoms with Crippen LogP contribution in [0.1, 0.15) is 34.1 Å². The molecule has 4 aromatic rings. The van der Waals surface area contributed by atoms with Crippen molar-refractivity contribution >= 4 is 50.7 Å². The Bertz CT molecular complexity index is 1930. The molecule has 0 spiro atoms. The maximum absolute atomic E-state index is 13.4. The first-order chi connectivity index (χ1) is 21.3. The number of benzene rings is 2. The molecule has 0 bridgehead atoms. The van der Waals surface area contributed by atoms with Crippen molar-refractivity contribution < 1.29 is 17.9 Å². The Morgan fingerprint density at radius 3 is 2.33 bits per heavy atom. The van der Waals surface area contributed by atoms with Crippen LogP contribution in [0, 0.1) is 0 Å². The summed E-state index contributed by atoms with van der Waals surface area (Å²) in [4.78, 5) is 46.5. The maximum atomic E-state index is 13.4. The standard InChI is InChI=1S/C28H29Cl2N7O6S2/c1-28(2,22-19(29)14-18(15-20(22)30)37-27(40)33-21(38)16-32-37)26-34-23(17-6-4-3-5-7-17)24(44-26)25(39)43-13-12-35-8-10-36(11-9-35)45(31,41)42/h3-7,14-16H,8-13H2,1-2H3,(H2,31,41,42)(H,33,38,40). The second kappa shape index (κ2) is 13.1. The molecule has 0 saturated carbocycles. The predicted octanol–water partition coefficient (Wildman–Crippen LogP) is 2.65. The summed E-state index contributed by atoms with van der Waals surface area (Å²) in [5.41, 5.74) is -0.346. The number of aromatic nitrogens is 4. The highest BCUT2D eigenvalue weighted by Gasteiger charge is 2.35. The summed E-state index contributed by atoms with van der Waals surface area (Å²) in [5.74, 6) is -0.548. The lowest BCUT2D eigenvalue weighted by atomic mass is 9.85. The fraction of sp³-hybridized carbons (Fsp3) is 0.321. The van der Waals surface area contributed by atoms with Gasteiger partial charge in [0.2, 0.25) is 0 Å². The Balaban J connectivity index is 1.41. The van der Waals surface area contributed by atoms with Crippen LogP contribution < -0.4 is 16.4 Å².